The SMILES string of the molecule is Clc1ccc(Br)cc1Oc1ncnc2c1CCCC2. The van der Waals surface area contributed by atoms with Crippen LogP contribution in [0.4, 0.5) is 0 Å². The first-order valence-electron chi connectivity index (χ1n) is 6.19. The van der Waals surface area contributed by atoms with Gasteiger partial charge in [-0.1, -0.05) is 27.5 Å². The van der Waals surface area contributed by atoms with E-state index in [2.05, 4.69) is 25.9 Å². The maximum Gasteiger partial charge on any atom is 0.225 e. The van der Waals surface area contributed by atoms with Gasteiger partial charge in [-0.15, -0.1) is 0 Å². The largest absolute Gasteiger partial charge is 0.437 e. The van der Waals surface area contributed by atoms with Crippen molar-refractivity contribution in [2.24, 2.45) is 0 Å². The van der Waals surface area contributed by atoms with Gasteiger partial charge in [0, 0.05) is 10.0 Å². The van der Waals surface area contributed by atoms with Crippen LogP contribution in [0.3, 0.4) is 0 Å². The number of fused-ring (bicyclic) bond motifs is 1. The average Bonchev–Trinajstić information content (AvgIpc) is 2.43. The first kappa shape index (κ1) is 12.9. The average molecular weight is 340 g/mol. The third-order valence-corrected chi connectivity index (χ3v) is 3.99. The lowest BCUT2D eigenvalue weighted by molar-refractivity contribution is 0.447. The standard InChI is InChI=1S/C14H12BrClN2O/c15-9-5-6-11(16)13(7-9)19-14-10-3-1-2-4-12(10)17-8-18-14/h5-8H,1-4H2. The number of rotatable bonds is 2. The van der Waals surface area contributed by atoms with Crippen LogP contribution in [0.25, 0.3) is 0 Å². The minimum atomic E-state index is 0.575. The van der Waals surface area contributed by atoms with Crippen LogP contribution in [0.5, 0.6) is 11.6 Å². The van der Waals surface area contributed by atoms with Gasteiger partial charge in [-0.25, -0.2) is 9.97 Å². The van der Waals surface area contributed by atoms with Gasteiger partial charge in [-0.05, 0) is 43.9 Å². The predicted molar refractivity (Wildman–Crippen MR) is 77.9 cm³/mol. The number of benzene rings is 1. The van der Waals surface area contributed by atoms with Gasteiger partial charge >= 0.3 is 0 Å². The van der Waals surface area contributed by atoms with Gasteiger partial charge in [-0.2, -0.15) is 0 Å². The first-order valence-corrected chi connectivity index (χ1v) is 7.37. The van der Waals surface area contributed by atoms with Crippen molar-refractivity contribution in [1.29, 1.82) is 0 Å². The number of ether oxygens (including phenoxy) is 1. The van der Waals surface area contributed by atoms with Crippen molar-refractivity contribution in [2.75, 3.05) is 0 Å². The van der Waals surface area contributed by atoms with E-state index >= 15 is 0 Å². The lowest BCUT2D eigenvalue weighted by Crippen LogP contribution is -2.08. The number of aromatic nitrogens is 2. The molecule has 3 rings (SSSR count). The summed E-state index contributed by atoms with van der Waals surface area (Å²) in [4.78, 5) is 8.58. The van der Waals surface area contributed by atoms with E-state index in [1.807, 2.05) is 12.1 Å². The Morgan fingerprint density at radius 3 is 2.89 bits per heavy atom. The molecule has 0 saturated carbocycles. The van der Waals surface area contributed by atoms with Crippen LogP contribution in [0.2, 0.25) is 5.02 Å². The topological polar surface area (TPSA) is 35.0 Å². The molecule has 1 aromatic carbocycles. The molecular weight excluding hydrogens is 328 g/mol. The monoisotopic (exact) mass is 338 g/mol. The first-order chi connectivity index (χ1) is 9.24. The number of halogens is 2. The number of hydrogen-bond donors (Lipinski definition) is 0. The van der Waals surface area contributed by atoms with Crippen LogP contribution < -0.4 is 4.74 Å². The van der Waals surface area contributed by atoms with E-state index in [1.54, 1.807) is 12.4 Å². The third kappa shape index (κ3) is 2.74. The Balaban J connectivity index is 1.97. The normalized spacial score (nSPS) is 14.0. The molecule has 0 spiro atoms. The van der Waals surface area contributed by atoms with Crippen LogP contribution in [0.15, 0.2) is 29.0 Å². The molecule has 3 nitrogen and oxygen atoms in total. The smallest absolute Gasteiger partial charge is 0.225 e. The molecule has 1 aromatic heterocycles. The minimum absolute atomic E-state index is 0.575. The van der Waals surface area contributed by atoms with Crippen molar-refractivity contribution in [3.05, 3.63) is 45.3 Å². The van der Waals surface area contributed by atoms with E-state index in [9.17, 15) is 0 Å². The molecule has 0 saturated heterocycles. The van der Waals surface area contributed by atoms with Gasteiger partial charge in [-0.3, -0.25) is 0 Å². The van der Waals surface area contributed by atoms with Crippen molar-refractivity contribution in [3.63, 3.8) is 0 Å². The Hall–Kier alpha value is -1.13. The van der Waals surface area contributed by atoms with Crippen molar-refractivity contribution >= 4 is 27.5 Å². The van der Waals surface area contributed by atoms with Crippen molar-refractivity contribution in [3.8, 4) is 11.6 Å². The van der Waals surface area contributed by atoms with E-state index in [-0.39, 0.29) is 0 Å². The summed E-state index contributed by atoms with van der Waals surface area (Å²) in [6.45, 7) is 0. The van der Waals surface area contributed by atoms with Crippen molar-refractivity contribution in [2.45, 2.75) is 25.7 Å². The molecule has 98 valence electrons. The molecule has 5 heteroatoms. The molecule has 0 aliphatic heterocycles. The zero-order valence-corrected chi connectivity index (χ0v) is 12.5. The van der Waals surface area contributed by atoms with E-state index in [0.717, 1.165) is 35.0 Å². The van der Waals surface area contributed by atoms with E-state index in [1.165, 1.54) is 6.42 Å². The van der Waals surface area contributed by atoms with Gasteiger partial charge < -0.3 is 4.74 Å². The molecule has 0 N–H and O–H groups in total. The molecule has 0 atom stereocenters. The quantitative estimate of drug-likeness (QED) is 0.804. The van der Waals surface area contributed by atoms with Gasteiger partial charge in [0.25, 0.3) is 0 Å². The number of aryl methyl sites for hydroxylation is 1. The van der Waals surface area contributed by atoms with Crippen molar-refractivity contribution < 1.29 is 4.74 Å². The fourth-order valence-corrected chi connectivity index (χ4v) is 2.73. The van der Waals surface area contributed by atoms with Crippen LogP contribution in [-0.4, -0.2) is 9.97 Å². The molecule has 1 aliphatic rings. The van der Waals surface area contributed by atoms with Crippen LogP contribution in [-0.2, 0) is 12.8 Å². The Kier molecular flexibility index (Phi) is 3.71. The molecule has 1 heterocycles. The second-order valence-corrected chi connectivity index (χ2v) is 5.81. The molecule has 2 aromatic rings. The molecule has 0 radical (unpaired) electrons. The Morgan fingerprint density at radius 1 is 1.16 bits per heavy atom. The van der Waals surface area contributed by atoms with E-state index < -0.39 is 0 Å². The second-order valence-electron chi connectivity index (χ2n) is 4.49. The van der Waals surface area contributed by atoms with Gasteiger partial charge in [0.2, 0.25) is 5.88 Å². The van der Waals surface area contributed by atoms with Crippen LogP contribution >= 0.6 is 27.5 Å². The zero-order chi connectivity index (χ0) is 13.2. The highest BCUT2D eigenvalue weighted by molar-refractivity contribution is 9.10. The summed E-state index contributed by atoms with van der Waals surface area (Å²) in [5.41, 5.74) is 2.21. The van der Waals surface area contributed by atoms with Crippen LogP contribution in [0.1, 0.15) is 24.1 Å². The summed E-state index contributed by atoms with van der Waals surface area (Å²) >= 11 is 9.55. The molecule has 0 fully saturated rings. The number of hydrogen-bond acceptors (Lipinski definition) is 3. The predicted octanol–water partition coefficient (Wildman–Crippen LogP) is 4.56. The van der Waals surface area contributed by atoms with Crippen molar-refractivity contribution in [1.82, 2.24) is 9.97 Å². The minimum Gasteiger partial charge on any atom is -0.437 e. The van der Waals surface area contributed by atoms with E-state index in [4.69, 9.17) is 16.3 Å². The summed E-state index contributed by atoms with van der Waals surface area (Å²) < 4.78 is 6.80. The lowest BCUT2D eigenvalue weighted by atomic mass is 9.97. The van der Waals surface area contributed by atoms with Gasteiger partial charge in [0.15, 0.2) is 0 Å². The molecule has 0 bridgehead atoms. The molecular formula is C14H12BrClN2O. The highest BCUT2D eigenvalue weighted by Crippen LogP contribution is 2.34. The molecule has 19 heavy (non-hydrogen) atoms. The summed E-state index contributed by atoms with van der Waals surface area (Å²) in [7, 11) is 0. The van der Waals surface area contributed by atoms with Crippen LogP contribution in [0, 0.1) is 0 Å². The highest BCUT2D eigenvalue weighted by atomic mass is 79.9. The molecule has 0 unspecified atom stereocenters. The van der Waals surface area contributed by atoms with E-state index in [0.29, 0.717) is 16.7 Å². The summed E-state index contributed by atoms with van der Waals surface area (Å²) in [5, 5.41) is 0.575. The fourth-order valence-electron chi connectivity index (χ4n) is 2.24. The summed E-state index contributed by atoms with van der Waals surface area (Å²) in [6.07, 6.45) is 5.87. The molecule has 1 aliphatic carbocycles. The Bertz CT molecular complexity index is 618. The second kappa shape index (κ2) is 5.47. The third-order valence-electron chi connectivity index (χ3n) is 3.19. The number of nitrogens with zero attached hydrogens (tertiary/aromatic N) is 2. The Morgan fingerprint density at radius 2 is 2.00 bits per heavy atom. The summed E-state index contributed by atoms with van der Waals surface area (Å²) in [6, 6.07) is 5.53. The Labute approximate surface area is 125 Å². The van der Waals surface area contributed by atoms with Gasteiger partial charge in [0.05, 0.1) is 10.7 Å². The summed E-state index contributed by atoms with van der Waals surface area (Å²) in [5.74, 6) is 1.24. The van der Waals surface area contributed by atoms with Gasteiger partial charge in [0.1, 0.15) is 12.1 Å². The lowest BCUT2D eigenvalue weighted by Gasteiger charge is -2.17. The highest BCUT2D eigenvalue weighted by Gasteiger charge is 2.17. The maximum atomic E-state index is 6.14. The zero-order valence-electron chi connectivity index (χ0n) is 10.2. The maximum absolute atomic E-state index is 6.14. The fraction of sp³-hybridized carbons (Fsp3) is 0.286. The molecule has 0 amide bonds.